The van der Waals surface area contributed by atoms with E-state index >= 15 is 0 Å². The average Bonchev–Trinajstić information content (AvgIpc) is 2.45. The molecule has 1 atom stereocenters. The van der Waals surface area contributed by atoms with Crippen LogP contribution in [0.5, 0.6) is 0 Å². The van der Waals surface area contributed by atoms with Crippen LogP contribution >= 0.6 is 0 Å². The van der Waals surface area contributed by atoms with Crippen molar-refractivity contribution in [1.29, 1.82) is 0 Å². The largest absolute Gasteiger partial charge is 0.416 e. The third-order valence-electron chi connectivity index (χ3n) is 4.28. The molecule has 0 saturated heterocycles. The van der Waals surface area contributed by atoms with Crippen LogP contribution in [0.3, 0.4) is 0 Å². The van der Waals surface area contributed by atoms with Gasteiger partial charge in [0.2, 0.25) is 0 Å². The van der Waals surface area contributed by atoms with E-state index in [4.69, 9.17) is 11.6 Å². The van der Waals surface area contributed by atoms with Crippen LogP contribution in [-0.4, -0.2) is 0 Å². The number of benzene rings is 1. The van der Waals surface area contributed by atoms with E-state index in [1.165, 1.54) is 25.3 Å². The molecule has 1 saturated carbocycles. The molecular weight excluding hydrogens is 279 g/mol. The highest BCUT2D eigenvalue weighted by atomic mass is 19.4. The summed E-state index contributed by atoms with van der Waals surface area (Å²) in [6.45, 7) is 0. The van der Waals surface area contributed by atoms with Gasteiger partial charge in [-0.15, -0.1) is 0 Å². The predicted molar refractivity (Wildman–Crippen MR) is 77.1 cm³/mol. The maximum atomic E-state index is 12.8. The number of nitrogens with two attached hydrogens (primary N) is 2. The zero-order valence-corrected chi connectivity index (χ0v) is 11.9. The van der Waals surface area contributed by atoms with Gasteiger partial charge in [-0.25, -0.2) is 0 Å². The molecule has 0 heterocycles. The van der Waals surface area contributed by atoms with Gasteiger partial charge in [-0.1, -0.05) is 32.1 Å². The standard InChI is InChI=1S/C15H22F3N3/c16-15(17,18)11-6-7-13(19)12(9-11)14(21-20)8-10-4-2-1-3-5-10/h6-7,9-10,14,21H,1-5,8,19-20H2. The minimum Gasteiger partial charge on any atom is -0.398 e. The molecule has 1 aromatic rings. The predicted octanol–water partition coefficient (Wildman–Crippen LogP) is 3.76. The summed E-state index contributed by atoms with van der Waals surface area (Å²) in [6, 6.07) is 3.09. The van der Waals surface area contributed by atoms with Crippen LogP contribution < -0.4 is 17.0 Å². The molecule has 6 heteroatoms. The van der Waals surface area contributed by atoms with Gasteiger partial charge in [-0.2, -0.15) is 13.2 Å². The number of halogens is 3. The molecule has 1 aliphatic carbocycles. The Morgan fingerprint density at radius 2 is 1.86 bits per heavy atom. The molecule has 0 amide bonds. The second kappa shape index (κ2) is 6.66. The number of nitrogens with one attached hydrogen (secondary N) is 1. The smallest absolute Gasteiger partial charge is 0.398 e. The first-order chi connectivity index (χ1) is 9.91. The molecule has 0 aliphatic heterocycles. The van der Waals surface area contributed by atoms with Crippen molar-refractivity contribution in [3.05, 3.63) is 29.3 Å². The van der Waals surface area contributed by atoms with Crippen molar-refractivity contribution in [1.82, 2.24) is 5.43 Å². The first kappa shape index (κ1) is 16.1. The first-order valence-electron chi connectivity index (χ1n) is 7.34. The van der Waals surface area contributed by atoms with Gasteiger partial charge in [0.25, 0.3) is 0 Å². The van der Waals surface area contributed by atoms with Crippen molar-refractivity contribution in [3.8, 4) is 0 Å². The summed E-state index contributed by atoms with van der Waals surface area (Å²) in [5.74, 6) is 6.06. The van der Waals surface area contributed by atoms with E-state index in [9.17, 15) is 13.2 Å². The summed E-state index contributed by atoms with van der Waals surface area (Å²) in [7, 11) is 0. The number of hydrogen-bond donors (Lipinski definition) is 3. The number of rotatable bonds is 4. The van der Waals surface area contributed by atoms with E-state index in [-0.39, 0.29) is 6.04 Å². The molecule has 0 aromatic heterocycles. The molecular formula is C15H22F3N3. The Morgan fingerprint density at radius 3 is 2.43 bits per heavy atom. The Morgan fingerprint density at radius 1 is 1.19 bits per heavy atom. The number of alkyl halides is 3. The van der Waals surface area contributed by atoms with Gasteiger partial charge in [0.15, 0.2) is 0 Å². The lowest BCUT2D eigenvalue weighted by molar-refractivity contribution is -0.137. The number of hydrazine groups is 1. The van der Waals surface area contributed by atoms with Gasteiger partial charge >= 0.3 is 6.18 Å². The molecule has 0 bridgehead atoms. The van der Waals surface area contributed by atoms with E-state index in [2.05, 4.69) is 5.43 Å². The molecule has 1 fully saturated rings. The minimum absolute atomic E-state index is 0.338. The molecule has 1 aromatic carbocycles. The molecule has 2 rings (SSSR count). The first-order valence-corrected chi connectivity index (χ1v) is 7.34. The second-order valence-electron chi connectivity index (χ2n) is 5.80. The third-order valence-corrected chi connectivity index (χ3v) is 4.28. The zero-order chi connectivity index (χ0) is 15.5. The Bertz CT molecular complexity index is 468. The molecule has 118 valence electrons. The van der Waals surface area contributed by atoms with Gasteiger partial charge < -0.3 is 5.73 Å². The highest BCUT2D eigenvalue weighted by Crippen LogP contribution is 2.36. The van der Waals surface area contributed by atoms with Crippen LogP contribution in [0.2, 0.25) is 0 Å². The monoisotopic (exact) mass is 301 g/mol. The fraction of sp³-hybridized carbons (Fsp3) is 0.600. The maximum Gasteiger partial charge on any atom is 0.416 e. The minimum atomic E-state index is -4.37. The summed E-state index contributed by atoms with van der Waals surface area (Å²) in [5, 5.41) is 0. The van der Waals surface area contributed by atoms with E-state index in [0.717, 1.165) is 31.4 Å². The van der Waals surface area contributed by atoms with Gasteiger partial charge in [0.1, 0.15) is 0 Å². The fourth-order valence-corrected chi connectivity index (χ4v) is 3.09. The van der Waals surface area contributed by atoms with E-state index < -0.39 is 11.7 Å². The highest BCUT2D eigenvalue weighted by molar-refractivity contribution is 5.50. The molecule has 1 unspecified atom stereocenters. The number of hydrogen-bond acceptors (Lipinski definition) is 3. The molecule has 1 aliphatic rings. The van der Waals surface area contributed by atoms with Gasteiger partial charge in [0.05, 0.1) is 5.56 Å². The van der Waals surface area contributed by atoms with Crippen molar-refractivity contribution in [3.63, 3.8) is 0 Å². The van der Waals surface area contributed by atoms with E-state index in [1.807, 2.05) is 0 Å². The Balaban J connectivity index is 2.20. The summed E-state index contributed by atoms with van der Waals surface area (Å²) in [5.41, 5.74) is 8.60. The van der Waals surface area contributed by atoms with Crippen molar-refractivity contribution in [2.75, 3.05) is 5.73 Å². The lowest BCUT2D eigenvalue weighted by Crippen LogP contribution is -2.31. The third kappa shape index (κ3) is 4.11. The highest BCUT2D eigenvalue weighted by Gasteiger charge is 2.32. The van der Waals surface area contributed by atoms with Gasteiger partial charge in [0, 0.05) is 11.7 Å². The van der Waals surface area contributed by atoms with Crippen LogP contribution in [0.15, 0.2) is 18.2 Å². The van der Waals surface area contributed by atoms with Crippen LogP contribution in [0, 0.1) is 5.92 Å². The van der Waals surface area contributed by atoms with E-state index in [1.54, 1.807) is 0 Å². The van der Waals surface area contributed by atoms with Crippen molar-refractivity contribution >= 4 is 5.69 Å². The molecule has 5 N–H and O–H groups in total. The summed E-state index contributed by atoms with van der Waals surface area (Å²) < 4.78 is 38.5. The zero-order valence-electron chi connectivity index (χ0n) is 11.9. The number of anilines is 1. The average molecular weight is 301 g/mol. The van der Waals surface area contributed by atoms with Crippen molar-refractivity contribution < 1.29 is 13.2 Å². The van der Waals surface area contributed by atoms with Crippen molar-refractivity contribution in [2.45, 2.75) is 50.7 Å². The normalized spacial score (nSPS) is 18.7. The molecule has 21 heavy (non-hydrogen) atoms. The van der Waals surface area contributed by atoms with Crippen LogP contribution in [0.25, 0.3) is 0 Å². The lowest BCUT2D eigenvalue weighted by atomic mass is 9.83. The van der Waals surface area contributed by atoms with Gasteiger partial charge in [-0.3, -0.25) is 11.3 Å². The summed E-state index contributed by atoms with van der Waals surface area (Å²) in [6.07, 6.45) is 2.17. The van der Waals surface area contributed by atoms with Gasteiger partial charge in [-0.05, 0) is 36.1 Å². The Hall–Kier alpha value is -1.27. The number of nitrogen functional groups attached to an aromatic ring is 1. The van der Waals surface area contributed by atoms with Crippen molar-refractivity contribution in [2.24, 2.45) is 11.8 Å². The SMILES string of the molecule is NNC(CC1CCCCC1)c1cc(C(F)(F)F)ccc1N. The quantitative estimate of drug-likeness (QED) is 0.451. The lowest BCUT2D eigenvalue weighted by Gasteiger charge is -2.27. The van der Waals surface area contributed by atoms with E-state index in [0.29, 0.717) is 17.2 Å². The molecule has 3 nitrogen and oxygen atoms in total. The Labute approximate surface area is 122 Å². The summed E-state index contributed by atoms with van der Waals surface area (Å²) in [4.78, 5) is 0. The molecule has 0 radical (unpaired) electrons. The van der Waals surface area contributed by atoms with Crippen LogP contribution in [-0.2, 0) is 6.18 Å². The Kier molecular flexibility index (Phi) is 5.11. The summed E-state index contributed by atoms with van der Waals surface area (Å²) >= 11 is 0. The second-order valence-corrected chi connectivity index (χ2v) is 5.80. The van der Waals surface area contributed by atoms with Crippen LogP contribution in [0.1, 0.15) is 55.7 Å². The maximum absolute atomic E-state index is 12.8. The topological polar surface area (TPSA) is 64.1 Å². The fourth-order valence-electron chi connectivity index (χ4n) is 3.09. The molecule has 0 spiro atoms. The van der Waals surface area contributed by atoms with Crippen LogP contribution in [0.4, 0.5) is 18.9 Å².